The lowest BCUT2D eigenvalue weighted by Gasteiger charge is -2.08. The quantitative estimate of drug-likeness (QED) is 0.668. The van der Waals surface area contributed by atoms with Crippen LogP contribution in [-0.2, 0) is 0 Å². The predicted octanol–water partition coefficient (Wildman–Crippen LogP) is 4.16. The standard InChI is InChI=1S/C21H14F2N2O3/c22-16-7-4-8-17(23)18(16)20(27)25-21(28)24-15-11-9-14(10-12-15)19(26)13-5-2-1-3-6-13/h1-12H,(H2,24,25,27,28). The Hall–Kier alpha value is -3.87. The highest BCUT2D eigenvalue weighted by atomic mass is 19.1. The number of halogens is 2. The third kappa shape index (κ3) is 4.27. The molecule has 0 fully saturated rings. The fraction of sp³-hybridized carbons (Fsp3) is 0. The van der Waals surface area contributed by atoms with E-state index in [0.29, 0.717) is 16.8 Å². The van der Waals surface area contributed by atoms with Gasteiger partial charge in [0.25, 0.3) is 5.91 Å². The van der Waals surface area contributed by atoms with Crippen molar-refractivity contribution in [3.05, 3.63) is 101 Å². The lowest BCUT2D eigenvalue weighted by molar-refractivity contribution is 0.0958. The zero-order valence-electron chi connectivity index (χ0n) is 14.4. The van der Waals surface area contributed by atoms with Crippen LogP contribution in [0.1, 0.15) is 26.3 Å². The van der Waals surface area contributed by atoms with Gasteiger partial charge in [-0.05, 0) is 36.4 Å². The number of imide groups is 1. The van der Waals surface area contributed by atoms with Gasteiger partial charge in [-0.25, -0.2) is 13.6 Å². The first-order chi connectivity index (χ1) is 13.5. The van der Waals surface area contributed by atoms with Crippen LogP contribution in [-0.4, -0.2) is 17.7 Å². The zero-order chi connectivity index (χ0) is 20.1. The summed E-state index contributed by atoms with van der Waals surface area (Å²) in [6.45, 7) is 0. The molecule has 3 aromatic rings. The van der Waals surface area contributed by atoms with Gasteiger partial charge >= 0.3 is 6.03 Å². The SMILES string of the molecule is O=C(NC(=O)c1c(F)cccc1F)Nc1ccc(C(=O)c2ccccc2)cc1. The van der Waals surface area contributed by atoms with Crippen LogP contribution >= 0.6 is 0 Å². The summed E-state index contributed by atoms with van der Waals surface area (Å²) in [5.41, 5.74) is 0.394. The van der Waals surface area contributed by atoms with Gasteiger partial charge in [0, 0.05) is 16.8 Å². The maximum Gasteiger partial charge on any atom is 0.326 e. The molecule has 2 N–H and O–H groups in total. The Bertz CT molecular complexity index is 1020. The van der Waals surface area contributed by atoms with Gasteiger partial charge < -0.3 is 5.32 Å². The molecule has 3 rings (SSSR count). The van der Waals surface area contributed by atoms with E-state index < -0.39 is 29.1 Å². The van der Waals surface area contributed by atoms with Crippen LogP contribution in [0, 0.1) is 11.6 Å². The normalized spacial score (nSPS) is 10.2. The summed E-state index contributed by atoms with van der Waals surface area (Å²) in [5.74, 6) is -3.53. The molecule has 5 nitrogen and oxygen atoms in total. The first-order valence-electron chi connectivity index (χ1n) is 8.22. The zero-order valence-corrected chi connectivity index (χ0v) is 14.4. The maximum absolute atomic E-state index is 13.6. The van der Waals surface area contributed by atoms with Crippen molar-refractivity contribution in [3.63, 3.8) is 0 Å². The number of ketones is 1. The van der Waals surface area contributed by atoms with Gasteiger partial charge in [-0.3, -0.25) is 14.9 Å². The number of anilines is 1. The molecular formula is C21H14F2N2O3. The van der Waals surface area contributed by atoms with Gasteiger partial charge in [-0.1, -0.05) is 36.4 Å². The Kier molecular flexibility index (Phi) is 5.55. The number of amides is 3. The molecule has 3 amide bonds. The van der Waals surface area contributed by atoms with E-state index in [4.69, 9.17) is 0 Å². The number of hydrogen-bond acceptors (Lipinski definition) is 3. The number of nitrogens with one attached hydrogen (secondary N) is 2. The van der Waals surface area contributed by atoms with Gasteiger partial charge in [0.05, 0.1) is 0 Å². The maximum atomic E-state index is 13.6. The number of benzene rings is 3. The van der Waals surface area contributed by atoms with E-state index in [0.717, 1.165) is 18.2 Å². The molecule has 0 atom stereocenters. The minimum Gasteiger partial charge on any atom is -0.308 e. The molecular weight excluding hydrogens is 366 g/mol. The number of hydrogen-bond donors (Lipinski definition) is 2. The minimum absolute atomic E-state index is 0.179. The number of carbonyl (C=O) groups is 3. The highest BCUT2D eigenvalue weighted by molar-refractivity contribution is 6.10. The molecule has 7 heteroatoms. The Morgan fingerprint density at radius 3 is 1.86 bits per heavy atom. The topological polar surface area (TPSA) is 75.3 Å². The Morgan fingerprint density at radius 1 is 0.679 bits per heavy atom. The van der Waals surface area contributed by atoms with Crippen LogP contribution in [0.4, 0.5) is 19.3 Å². The molecule has 0 radical (unpaired) electrons. The molecule has 0 heterocycles. The van der Waals surface area contributed by atoms with Crippen molar-refractivity contribution in [2.75, 3.05) is 5.32 Å². The van der Waals surface area contributed by atoms with Gasteiger partial charge in [-0.15, -0.1) is 0 Å². The number of carbonyl (C=O) groups excluding carboxylic acids is 3. The van der Waals surface area contributed by atoms with Crippen molar-refractivity contribution in [1.29, 1.82) is 0 Å². The molecule has 0 aliphatic rings. The molecule has 0 unspecified atom stereocenters. The summed E-state index contributed by atoms with van der Waals surface area (Å²) in [4.78, 5) is 36.1. The Labute approximate surface area is 159 Å². The largest absolute Gasteiger partial charge is 0.326 e. The highest BCUT2D eigenvalue weighted by Crippen LogP contribution is 2.15. The van der Waals surface area contributed by atoms with E-state index in [-0.39, 0.29) is 5.78 Å². The summed E-state index contributed by atoms with van der Waals surface area (Å²) >= 11 is 0. The Balaban J connectivity index is 1.65. The molecule has 0 aliphatic heterocycles. The second-order valence-electron chi connectivity index (χ2n) is 5.78. The molecule has 0 aliphatic carbocycles. The van der Waals surface area contributed by atoms with Crippen molar-refractivity contribution in [2.24, 2.45) is 0 Å². The number of rotatable bonds is 4. The second-order valence-corrected chi connectivity index (χ2v) is 5.78. The molecule has 0 spiro atoms. The van der Waals surface area contributed by atoms with E-state index in [1.54, 1.807) is 30.3 Å². The first kappa shape index (κ1) is 18.9. The van der Waals surface area contributed by atoms with E-state index in [1.165, 1.54) is 24.3 Å². The second kappa shape index (κ2) is 8.22. The minimum atomic E-state index is -1.20. The highest BCUT2D eigenvalue weighted by Gasteiger charge is 2.19. The van der Waals surface area contributed by atoms with E-state index >= 15 is 0 Å². The first-order valence-corrected chi connectivity index (χ1v) is 8.22. The van der Waals surface area contributed by atoms with Crippen molar-refractivity contribution in [3.8, 4) is 0 Å². The predicted molar refractivity (Wildman–Crippen MR) is 99.2 cm³/mol. The average Bonchev–Trinajstić information content (AvgIpc) is 2.68. The summed E-state index contributed by atoms with van der Waals surface area (Å²) in [6, 6.07) is 16.7. The van der Waals surface area contributed by atoms with Crippen LogP contribution in [0.5, 0.6) is 0 Å². The van der Waals surface area contributed by atoms with Crippen molar-refractivity contribution >= 4 is 23.4 Å². The third-order valence-corrected chi connectivity index (χ3v) is 3.86. The summed E-state index contributed by atoms with van der Waals surface area (Å²) in [7, 11) is 0. The monoisotopic (exact) mass is 380 g/mol. The average molecular weight is 380 g/mol. The van der Waals surface area contributed by atoms with Crippen LogP contribution in [0.3, 0.4) is 0 Å². The molecule has 28 heavy (non-hydrogen) atoms. The van der Waals surface area contributed by atoms with Crippen molar-refractivity contribution in [1.82, 2.24) is 5.32 Å². The molecule has 0 bridgehead atoms. The fourth-order valence-electron chi connectivity index (χ4n) is 2.50. The lowest BCUT2D eigenvalue weighted by Crippen LogP contribution is -2.35. The van der Waals surface area contributed by atoms with Crippen molar-refractivity contribution < 1.29 is 23.2 Å². The molecule has 140 valence electrons. The van der Waals surface area contributed by atoms with Crippen LogP contribution < -0.4 is 10.6 Å². The van der Waals surface area contributed by atoms with Crippen molar-refractivity contribution in [2.45, 2.75) is 0 Å². The van der Waals surface area contributed by atoms with Gasteiger partial charge in [0.2, 0.25) is 0 Å². The number of urea groups is 1. The van der Waals surface area contributed by atoms with E-state index in [9.17, 15) is 23.2 Å². The van der Waals surface area contributed by atoms with Crippen LogP contribution in [0.15, 0.2) is 72.8 Å². The molecule has 0 aromatic heterocycles. The van der Waals surface area contributed by atoms with Gasteiger partial charge in [-0.2, -0.15) is 0 Å². The van der Waals surface area contributed by atoms with Crippen LogP contribution in [0.25, 0.3) is 0 Å². The van der Waals surface area contributed by atoms with Gasteiger partial charge in [0.15, 0.2) is 5.78 Å². The van der Waals surface area contributed by atoms with Gasteiger partial charge in [0.1, 0.15) is 17.2 Å². The molecule has 0 saturated heterocycles. The molecule has 3 aromatic carbocycles. The fourth-order valence-corrected chi connectivity index (χ4v) is 2.50. The third-order valence-electron chi connectivity index (χ3n) is 3.86. The van der Waals surface area contributed by atoms with E-state index in [2.05, 4.69) is 5.32 Å². The summed E-state index contributed by atoms with van der Waals surface area (Å²) in [5, 5.41) is 4.21. The Morgan fingerprint density at radius 2 is 1.25 bits per heavy atom. The summed E-state index contributed by atoms with van der Waals surface area (Å²) < 4.78 is 27.1. The molecule has 0 saturated carbocycles. The smallest absolute Gasteiger partial charge is 0.308 e. The summed E-state index contributed by atoms with van der Waals surface area (Å²) in [6.07, 6.45) is 0. The lowest BCUT2D eigenvalue weighted by atomic mass is 10.0. The van der Waals surface area contributed by atoms with Crippen LogP contribution in [0.2, 0.25) is 0 Å². The van der Waals surface area contributed by atoms with E-state index in [1.807, 2.05) is 5.32 Å².